The molecule has 0 aliphatic rings. The average Bonchev–Trinajstić information content (AvgIpc) is 2.97. The third-order valence-corrected chi connectivity index (χ3v) is 4.13. The van der Waals surface area contributed by atoms with Gasteiger partial charge in [0.15, 0.2) is 0 Å². The summed E-state index contributed by atoms with van der Waals surface area (Å²) in [6.45, 7) is 1.85. The van der Waals surface area contributed by atoms with Crippen LogP contribution in [0.1, 0.15) is 20.8 Å². The molecule has 0 N–H and O–H groups in total. The highest BCUT2D eigenvalue weighted by atomic mass is 32.1. The summed E-state index contributed by atoms with van der Waals surface area (Å²) >= 11 is 1.34. The van der Waals surface area contributed by atoms with Crippen molar-refractivity contribution in [2.24, 2.45) is 0 Å². The summed E-state index contributed by atoms with van der Waals surface area (Å²) in [6, 6.07) is 9.06. The average molecular weight is 313 g/mol. The van der Waals surface area contributed by atoms with E-state index < -0.39 is 0 Å². The van der Waals surface area contributed by atoms with Gasteiger partial charge in [-0.2, -0.15) is 5.26 Å². The quantitative estimate of drug-likeness (QED) is 0.478. The molecule has 1 heterocycles. The van der Waals surface area contributed by atoms with Crippen LogP contribution in [0.4, 0.5) is 0 Å². The zero-order valence-corrected chi connectivity index (χ0v) is 13.4. The summed E-state index contributed by atoms with van der Waals surface area (Å²) < 4.78 is 10.4. The number of ether oxygens (including phenoxy) is 2. The summed E-state index contributed by atoms with van der Waals surface area (Å²) in [5.74, 6) is 0.932. The molecule has 0 amide bonds. The van der Waals surface area contributed by atoms with Gasteiger partial charge in [-0.25, -0.2) is 0 Å². The summed E-state index contributed by atoms with van der Waals surface area (Å²) in [6.07, 6.45) is 1.55. The number of nitriles is 1. The molecule has 0 fully saturated rings. The Morgan fingerprint density at radius 2 is 1.86 bits per heavy atom. The van der Waals surface area contributed by atoms with E-state index in [0.29, 0.717) is 21.9 Å². The molecule has 0 radical (unpaired) electrons. The molecule has 0 unspecified atom stereocenters. The maximum Gasteiger partial charge on any atom is 0.213 e. The molecule has 0 aliphatic carbocycles. The molecule has 2 aromatic rings. The van der Waals surface area contributed by atoms with Gasteiger partial charge in [0.25, 0.3) is 0 Å². The Kier molecular flexibility index (Phi) is 4.97. The Morgan fingerprint density at radius 3 is 2.32 bits per heavy atom. The lowest BCUT2D eigenvalue weighted by Crippen LogP contribution is -2.01. The van der Waals surface area contributed by atoms with Crippen molar-refractivity contribution in [3.63, 3.8) is 0 Å². The number of thiophene rings is 1. The zero-order chi connectivity index (χ0) is 16.1. The van der Waals surface area contributed by atoms with Crippen molar-refractivity contribution in [2.45, 2.75) is 6.92 Å². The smallest absolute Gasteiger partial charge is 0.213 e. The van der Waals surface area contributed by atoms with E-state index >= 15 is 0 Å². The van der Waals surface area contributed by atoms with Gasteiger partial charge in [0, 0.05) is 6.07 Å². The molecule has 4 nitrogen and oxygen atoms in total. The highest BCUT2D eigenvalue weighted by Crippen LogP contribution is 2.25. The van der Waals surface area contributed by atoms with Gasteiger partial charge in [-0.3, -0.25) is 4.79 Å². The first-order valence-electron chi connectivity index (χ1n) is 6.52. The minimum Gasteiger partial charge on any atom is -0.497 e. The Labute approximate surface area is 133 Å². The van der Waals surface area contributed by atoms with Crippen LogP contribution in [-0.2, 0) is 0 Å². The van der Waals surface area contributed by atoms with Crippen LogP contribution < -0.4 is 9.47 Å². The van der Waals surface area contributed by atoms with Crippen LogP contribution in [0.3, 0.4) is 0 Å². The topological polar surface area (TPSA) is 59.3 Å². The monoisotopic (exact) mass is 313 g/mol. The number of aryl methyl sites for hydroxylation is 1. The van der Waals surface area contributed by atoms with Crippen LogP contribution in [0.15, 0.2) is 35.2 Å². The van der Waals surface area contributed by atoms with Crippen LogP contribution in [0.5, 0.6) is 11.5 Å². The number of carbonyl (C=O) groups is 1. The highest BCUT2D eigenvalue weighted by Gasteiger charge is 2.16. The van der Waals surface area contributed by atoms with Crippen molar-refractivity contribution in [2.75, 3.05) is 14.2 Å². The van der Waals surface area contributed by atoms with Crippen molar-refractivity contribution in [3.05, 3.63) is 51.2 Å². The Balaban J connectivity index is 2.43. The second-order valence-corrected chi connectivity index (χ2v) is 5.49. The zero-order valence-electron chi connectivity index (χ0n) is 12.5. The van der Waals surface area contributed by atoms with Crippen molar-refractivity contribution in [3.8, 4) is 17.6 Å². The Hall–Kier alpha value is -2.58. The van der Waals surface area contributed by atoms with Crippen LogP contribution in [0.25, 0.3) is 6.08 Å². The van der Waals surface area contributed by atoms with Crippen LogP contribution in [-0.4, -0.2) is 20.0 Å². The van der Waals surface area contributed by atoms with Gasteiger partial charge in [0.2, 0.25) is 5.78 Å². The van der Waals surface area contributed by atoms with Gasteiger partial charge in [-0.15, -0.1) is 11.3 Å². The molecule has 0 aliphatic heterocycles. The lowest BCUT2D eigenvalue weighted by molar-refractivity contribution is 0.104. The number of nitrogens with zero attached hydrogens (tertiary/aromatic N) is 1. The van der Waals surface area contributed by atoms with Crippen LogP contribution >= 0.6 is 11.3 Å². The standard InChI is InChI=1S/C17H15NO3S/c1-11-4-5-22-17(11)16(19)13(10-18)6-12-7-14(20-2)9-15(8-12)21-3/h4-9H,1-3H3/b13-6-. The molecular weight excluding hydrogens is 298 g/mol. The van der Waals surface area contributed by atoms with E-state index in [9.17, 15) is 10.1 Å². The molecule has 0 saturated heterocycles. The highest BCUT2D eigenvalue weighted by molar-refractivity contribution is 7.12. The fourth-order valence-corrected chi connectivity index (χ4v) is 2.83. The van der Waals surface area contributed by atoms with Gasteiger partial charge in [0.05, 0.1) is 19.1 Å². The van der Waals surface area contributed by atoms with Gasteiger partial charge >= 0.3 is 0 Å². The van der Waals surface area contributed by atoms with Gasteiger partial charge in [0.1, 0.15) is 23.1 Å². The molecule has 0 spiro atoms. The van der Waals surface area contributed by atoms with E-state index in [1.165, 1.54) is 11.3 Å². The number of hydrogen-bond acceptors (Lipinski definition) is 5. The summed E-state index contributed by atoms with van der Waals surface area (Å²) in [5, 5.41) is 11.1. The van der Waals surface area contributed by atoms with E-state index in [1.807, 2.05) is 24.4 Å². The third kappa shape index (κ3) is 3.35. The number of allylic oxidation sites excluding steroid dienone is 1. The number of rotatable bonds is 5. The number of carbonyl (C=O) groups excluding carboxylic acids is 1. The molecule has 0 bridgehead atoms. The normalized spacial score (nSPS) is 10.9. The first-order chi connectivity index (χ1) is 10.6. The Bertz CT molecular complexity index is 746. The third-order valence-electron chi connectivity index (χ3n) is 3.12. The predicted molar refractivity (Wildman–Crippen MR) is 86.5 cm³/mol. The van der Waals surface area contributed by atoms with Crippen molar-refractivity contribution in [1.82, 2.24) is 0 Å². The SMILES string of the molecule is COc1cc(/C=C(/C#N)C(=O)c2sccc2C)cc(OC)c1. The molecule has 1 aromatic heterocycles. The molecule has 0 saturated carbocycles. The van der Waals surface area contributed by atoms with Crippen molar-refractivity contribution >= 4 is 23.2 Å². The largest absolute Gasteiger partial charge is 0.497 e. The fourth-order valence-electron chi connectivity index (χ4n) is 1.96. The summed E-state index contributed by atoms with van der Waals surface area (Å²) in [5.41, 5.74) is 1.63. The first-order valence-corrected chi connectivity index (χ1v) is 7.40. The second-order valence-electron chi connectivity index (χ2n) is 4.58. The second kappa shape index (κ2) is 6.92. The van der Waals surface area contributed by atoms with Crippen LogP contribution in [0.2, 0.25) is 0 Å². The number of Topliss-reactive ketones (excluding diaryl/α,β-unsaturated/α-hetero) is 1. The van der Waals surface area contributed by atoms with Crippen molar-refractivity contribution < 1.29 is 14.3 Å². The predicted octanol–water partition coefficient (Wildman–Crippen LogP) is 3.86. The molecule has 2 rings (SSSR count). The van der Waals surface area contributed by atoms with E-state index in [0.717, 1.165) is 5.56 Å². The molecule has 0 atom stereocenters. The lowest BCUT2D eigenvalue weighted by Gasteiger charge is -2.06. The van der Waals surface area contributed by atoms with E-state index in [4.69, 9.17) is 9.47 Å². The Morgan fingerprint density at radius 1 is 1.23 bits per heavy atom. The van der Waals surface area contributed by atoms with Gasteiger partial charge in [-0.05, 0) is 47.7 Å². The molecule has 1 aromatic carbocycles. The van der Waals surface area contributed by atoms with E-state index in [1.54, 1.807) is 38.5 Å². The molecule has 5 heteroatoms. The molecule has 22 heavy (non-hydrogen) atoms. The minimum atomic E-state index is -0.267. The maximum absolute atomic E-state index is 12.4. The minimum absolute atomic E-state index is 0.0841. The first kappa shape index (κ1) is 15.8. The fraction of sp³-hybridized carbons (Fsp3) is 0.176. The summed E-state index contributed by atoms with van der Waals surface area (Å²) in [7, 11) is 3.10. The van der Waals surface area contributed by atoms with E-state index in [2.05, 4.69) is 0 Å². The number of benzene rings is 1. The van der Waals surface area contributed by atoms with E-state index in [-0.39, 0.29) is 11.4 Å². The van der Waals surface area contributed by atoms with Crippen LogP contribution in [0, 0.1) is 18.3 Å². The maximum atomic E-state index is 12.4. The van der Waals surface area contributed by atoms with Gasteiger partial charge < -0.3 is 9.47 Å². The van der Waals surface area contributed by atoms with Crippen molar-refractivity contribution in [1.29, 1.82) is 5.26 Å². The molecule has 112 valence electrons. The summed E-state index contributed by atoms with van der Waals surface area (Å²) in [4.78, 5) is 13.0. The lowest BCUT2D eigenvalue weighted by atomic mass is 10.0. The number of hydrogen-bond donors (Lipinski definition) is 0. The number of ketones is 1. The van der Waals surface area contributed by atoms with Gasteiger partial charge in [-0.1, -0.05) is 0 Å². The number of methoxy groups -OCH3 is 2. The molecular formula is C17H15NO3S.